The van der Waals surface area contributed by atoms with Gasteiger partial charge in [-0.1, -0.05) is 36.4 Å². The molecule has 0 radical (unpaired) electrons. The van der Waals surface area contributed by atoms with Gasteiger partial charge in [-0.25, -0.2) is 4.98 Å². The Morgan fingerprint density at radius 2 is 1.83 bits per heavy atom. The maximum absolute atomic E-state index is 13.5. The molecule has 2 fully saturated rings. The van der Waals surface area contributed by atoms with Gasteiger partial charge in [0.1, 0.15) is 11.6 Å². The van der Waals surface area contributed by atoms with Gasteiger partial charge in [0.05, 0.1) is 28.2 Å². The quantitative estimate of drug-likeness (QED) is 0.339. The first-order valence-corrected chi connectivity index (χ1v) is 12.9. The van der Waals surface area contributed by atoms with Crippen molar-refractivity contribution in [1.29, 1.82) is 0 Å². The Hall–Kier alpha value is -3.77. The maximum atomic E-state index is 13.5. The summed E-state index contributed by atoms with van der Waals surface area (Å²) >= 11 is 0. The van der Waals surface area contributed by atoms with E-state index in [9.17, 15) is 4.79 Å². The van der Waals surface area contributed by atoms with Gasteiger partial charge in [-0.2, -0.15) is 5.10 Å². The number of aromatic nitrogens is 4. The summed E-state index contributed by atoms with van der Waals surface area (Å²) in [5, 5.41) is 11.7. The van der Waals surface area contributed by atoms with Crippen LogP contribution in [0.1, 0.15) is 24.8 Å². The van der Waals surface area contributed by atoms with E-state index in [1.54, 1.807) is 0 Å². The molecule has 6 heteroatoms. The van der Waals surface area contributed by atoms with Crippen molar-refractivity contribution in [3.63, 3.8) is 0 Å². The molecule has 0 spiro atoms. The number of hydrogen-bond acceptors (Lipinski definition) is 4. The minimum atomic E-state index is -0.353. The number of fused-ring (bicyclic) bond motifs is 2. The molecular formula is C30H29N5O. The van der Waals surface area contributed by atoms with Crippen LogP contribution in [0, 0.1) is 18.3 Å². The SMILES string of the molecule is Cc1ccc2c(c1)nc(-c1ccc(-c3ccc4[nH]ncc4c3)cc1)n2C[C@]1(C(=O)C2CC2)CCNC1. The van der Waals surface area contributed by atoms with Crippen molar-refractivity contribution < 1.29 is 4.79 Å². The zero-order valence-electron chi connectivity index (χ0n) is 20.4. The third kappa shape index (κ3) is 3.56. The van der Waals surface area contributed by atoms with Crippen LogP contribution in [-0.2, 0) is 11.3 Å². The molecule has 5 aromatic rings. The minimum absolute atomic E-state index is 0.247. The number of ketones is 1. The molecule has 180 valence electrons. The number of rotatable bonds is 6. The summed E-state index contributed by atoms with van der Waals surface area (Å²) in [6, 6.07) is 21.4. The van der Waals surface area contributed by atoms with Gasteiger partial charge >= 0.3 is 0 Å². The number of nitrogens with zero attached hydrogens (tertiary/aromatic N) is 3. The van der Waals surface area contributed by atoms with Gasteiger partial charge in [0, 0.05) is 30.0 Å². The van der Waals surface area contributed by atoms with Gasteiger partial charge in [0.2, 0.25) is 0 Å². The van der Waals surface area contributed by atoms with E-state index in [0.29, 0.717) is 12.3 Å². The zero-order chi connectivity index (χ0) is 24.3. The Morgan fingerprint density at radius 1 is 1.03 bits per heavy atom. The van der Waals surface area contributed by atoms with Gasteiger partial charge in [-0.3, -0.25) is 9.89 Å². The summed E-state index contributed by atoms with van der Waals surface area (Å²) in [5.74, 6) is 1.62. The molecule has 3 aromatic carbocycles. The largest absolute Gasteiger partial charge is 0.323 e. The van der Waals surface area contributed by atoms with Crippen molar-refractivity contribution >= 4 is 27.7 Å². The number of aromatic amines is 1. The molecule has 2 aromatic heterocycles. The summed E-state index contributed by atoms with van der Waals surface area (Å²) in [6.07, 6.45) is 4.84. The lowest BCUT2D eigenvalue weighted by molar-refractivity contribution is -0.129. The zero-order valence-corrected chi connectivity index (χ0v) is 20.4. The number of carbonyl (C=O) groups excluding carboxylic acids is 1. The summed E-state index contributed by atoms with van der Waals surface area (Å²) in [7, 11) is 0. The summed E-state index contributed by atoms with van der Waals surface area (Å²) in [6.45, 7) is 4.42. The Morgan fingerprint density at radius 3 is 2.61 bits per heavy atom. The van der Waals surface area contributed by atoms with E-state index >= 15 is 0 Å². The monoisotopic (exact) mass is 475 g/mol. The van der Waals surface area contributed by atoms with Crippen LogP contribution in [0.5, 0.6) is 0 Å². The molecule has 36 heavy (non-hydrogen) atoms. The highest BCUT2D eigenvalue weighted by Crippen LogP contribution is 2.42. The van der Waals surface area contributed by atoms with Crippen LogP contribution in [0.25, 0.3) is 44.5 Å². The maximum Gasteiger partial charge on any atom is 0.145 e. The van der Waals surface area contributed by atoms with Crippen LogP contribution in [0.15, 0.2) is 66.9 Å². The number of imidazole rings is 1. The number of benzene rings is 3. The molecular weight excluding hydrogens is 446 g/mol. The fraction of sp³-hybridized carbons (Fsp3) is 0.300. The first kappa shape index (κ1) is 21.5. The summed E-state index contributed by atoms with van der Waals surface area (Å²) < 4.78 is 2.30. The number of nitrogens with one attached hydrogen (secondary N) is 2. The van der Waals surface area contributed by atoms with Crippen molar-refractivity contribution in [1.82, 2.24) is 25.1 Å². The highest BCUT2D eigenvalue weighted by molar-refractivity contribution is 5.90. The molecule has 6 nitrogen and oxygen atoms in total. The topological polar surface area (TPSA) is 75.6 Å². The Bertz CT molecular complexity index is 1600. The predicted molar refractivity (Wildman–Crippen MR) is 143 cm³/mol. The van der Waals surface area contributed by atoms with Gasteiger partial charge in [0.25, 0.3) is 0 Å². The smallest absolute Gasteiger partial charge is 0.145 e. The molecule has 1 aliphatic carbocycles. The number of H-pyrrole nitrogens is 1. The van der Waals surface area contributed by atoms with Crippen LogP contribution in [-0.4, -0.2) is 38.6 Å². The molecule has 1 atom stereocenters. The van der Waals surface area contributed by atoms with Gasteiger partial charge in [-0.05, 0) is 73.7 Å². The lowest BCUT2D eigenvalue weighted by Gasteiger charge is -2.28. The van der Waals surface area contributed by atoms with E-state index in [1.165, 1.54) is 5.56 Å². The van der Waals surface area contributed by atoms with Crippen molar-refractivity contribution in [2.45, 2.75) is 32.7 Å². The predicted octanol–water partition coefficient (Wildman–Crippen LogP) is 5.51. The van der Waals surface area contributed by atoms with E-state index in [-0.39, 0.29) is 11.3 Å². The van der Waals surface area contributed by atoms with Crippen LogP contribution in [0.3, 0.4) is 0 Å². The molecule has 1 aliphatic heterocycles. The Labute approximate surface area is 209 Å². The molecule has 0 amide bonds. The third-order valence-corrected chi connectivity index (χ3v) is 8.00. The standard InChI is InChI=1S/C30H29N5O/c1-19-2-11-27-26(14-19)33-29(35(27)18-30(12-13-31-17-30)28(36)21-5-6-21)22-7-3-20(4-8-22)23-9-10-25-24(15-23)16-32-34-25/h2-4,7-11,14-16,21,31H,5-6,12-13,17-18H2,1H3,(H,32,34)/t30-/m0/s1. The summed E-state index contributed by atoms with van der Waals surface area (Å²) in [5.41, 5.74) is 7.34. The van der Waals surface area contributed by atoms with Crippen molar-refractivity contribution in [2.24, 2.45) is 11.3 Å². The first-order valence-electron chi connectivity index (χ1n) is 12.9. The Kier molecular flexibility index (Phi) is 4.86. The molecule has 1 saturated heterocycles. The number of aryl methyl sites for hydroxylation is 1. The van der Waals surface area contributed by atoms with E-state index < -0.39 is 0 Å². The van der Waals surface area contributed by atoms with Crippen molar-refractivity contribution in [2.75, 3.05) is 13.1 Å². The van der Waals surface area contributed by atoms with E-state index in [4.69, 9.17) is 4.98 Å². The molecule has 3 heterocycles. The lowest BCUT2D eigenvalue weighted by atomic mass is 9.80. The second-order valence-electron chi connectivity index (χ2n) is 10.6. The fourth-order valence-electron chi connectivity index (χ4n) is 5.80. The van der Waals surface area contributed by atoms with Crippen LogP contribution in [0.4, 0.5) is 0 Å². The average Bonchev–Trinajstić information content (AvgIpc) is 3.29. The van der Waals surface area contributed by atoms with Crippen molar-refractivity contribution in [3.05, 3.63) is 72.4 Å². The molecule has 2 N–H and O–H groups in total. The molecule has 2 aliphatic rings. The third-order valence-electron chi connectivity index (χ3n) is 8.00. The normalized spacial score (nSPS) is 19.9. The number of hydrogen-bond donors (Lipinski definition) is 2. The first-order chi connectivity index (χ1) is 17.6. The lowest BCUT2D eigenvalue weighted by Crippen LogP contribution is -2.39. The van der Waals surface area contributed by atoms with E-state index in [2.05, 4.69) is 87.7 Å². The van der Waals surface area contributed by atoms with Crippen LogP contribution < -0.4 is 5.32 Å². The van der Waals surface area contributed by atoms with Gasteiger partial charge in [-0.15, -0.1) is 0 Å². The van der Waals surface area contributed by atoms with E-state index in [1.807, 2.05) is 6.20 Å². The molecule has 1 saturated carbocycles. The second kappa shape index (κ2) is 8.14. The minimum Gasteiger partial charge on any atom is -0.323 e. The number of Topliss-reactive ketones (excluding diaryl/α,β-unsaturated/α-hetero) is 1. The summed E-state index contributed by atoms with van der Waals surface area (Å²) in [4.78, 5) is 18.6. The molecule has 0 unspecified atom stereocenters. The van der Waals surface area contributed by atoms with E-state index in [0.717, 1.165) is 76.8 Å². The Balaban J connectivity index is 1.30. The molecule has 0 bridgehead atoms. The second-order valence-corrected chi connectivity index (χ2v) is 10.6. The highest BCUT2D eigenvalue weighted by atomic mass is 16.1. The van der Waals surface area contributed by atoms with Crippen LogP contribution in [0.2, 0.25) is 0 Å². The average molecular weight is 476 g/mol. The molecule has 7 rings (SSSR count). The van der Waals surface area contributed by atoms with Gasteiger partial charge < -0.3 is 9.88 Å². The fourth-order valence-corrected chi connectivity index (χ4v) is 5.80. The van der Waals surface area contributed by atoms with Crippen LogP contribution >= 0.6 is 0 Å². The van der Waals surface area contributed by atoms with Crippen molar-refractivity contribution in [3.8, 4) is 22.5 Å². The number of carbonyl (C=O) groups is 1. The highest BCUT2D eigenvalue weighted by Gasteiger charge is 2.48. The van der Waals surface area contributed by atoms with Gasteiger partial charge in [0.15, 0.2) is 0 Å².